The second-order valence-electron chi connectivity index (χ2n) is 5.21. The first-order valence-electron chi connectivity index (χ1n) is 7.11. The van der Waals surface area contributed by atoms with Crippen LogP contribution in [0, 0.1) is 0 Å². The summed E-state index contributed by atoms with van der Waals surface area (Å²) in [7, 11) is 1.94. The van der Waals surface area contributed by atoms with Crippen LogP contribution in [-0.2, 0) is 4.74 Å². The lowest BCUT2D eigenvalue weighted by atomic mass is 10.1. The van der Waals surface area contributed by atoms with Gasteiger partial charge >= 0.3 is 0 Å². The molecule has 1 saturated heterocycles. The van der Waals surface area contributed by atoms with E-state index < -0.39 is 0 Å². The summed E-state index contributed by atoms with van der Waals surface area (Å²) in [5, 5.41) is 13.0. The van der Waals surface area contributed by atoms with E-state index in [0.29, 0.717) is 19.0 Å². The number of aromatic nitrogens is 2. The summed E-state index contributed by atoms with van der Waals surface area (Å²) in [5.41, 5.74) is 1.94. The third-order valence-electron chi connectivity index (χ3n) is 3.73. The van der Waals surface area contributed by atoms with Crippen LogP contribution in [0.15, 0.2) is 28.8 Å². The second-order valence-corrected chi connectivity index (χ2v) is 5.21. The normalized spacial score (nSPS) is 18.1. The second kappa shape index (κ2) is 6.24. The van der Waals surface area contributed by atoms with Gasteiger partial charge in [0, 0.05) is 37.4 Å². The molecule has 0 bridgehead atoms. The van der Waals surface area contributed by atoms with Crippen LogP contribution in [0.5, 0.6) is 0 Å². The topological polar surface area (TPSA) is 71.6 Å². The van der Waals surface area contributed by atoms with Crippen molar-refractivity contribution in [2.45, 2.75) is 12.3 Å². The Kier molecular flexibility index (Phi) is 4.17. The molecule has 1 aromatic heterocycles. The zero-order chi connectivity index (χ0) is 14.7. The Bertz CT molecular complexity index is 576. The Morgan fingerprint density at radius 2 is 2.14 bits per heavy atom. The first-order valence-corrected chi connectivity index (χ1v) is 7.11. The van der Waals surface area contributed by atoms with Crippen molar-refractivity contribution in [3.05, 3.63) is 30.1 Å². The number of nitrogens with zero attached hydrogens (tertiary/aromatic N) is 3. The van der Waals surface area contributed by atoms with Crippen LogP contribution >= 0.6 is 0 Å². The Labute approximate surface area is 123 Å². The van der Waals surface area contributed by atoms with Crippen LogP contribution in [-0.4, -0.2) is 48.7 Å². The molecule has 0 amide bonds. The minimum Gasteiger partial charge on any atom is -0.395 e. The fourth-order valence-electron chi connectivity index (χ4n) is 2.39. The van der Waals surface area contributed by atoms with E-state index in [1.807, 2.05) is 36.2 Å². The number of benzene rings is 1. The molecule has 2 aromatic rings. The number of rotatable bonds is 5. The van der Waals surface area contributed by atoms with Crippen molar-refractivity contribution in [1.29, 1.82) is 0 Å². The van der Waals surface area contributed by atoms with E-state index in [1.165, 1.54) is 0 Å². The number of anilines is 1. The number of ether oxygens (including phenoxy) is 1. The monoisotopic (exact) mass is 289 g/mol. The van der Waals surface area contributed by atoms with Crippen molar-refractivity contribution in [3.8, 4) is 11.5 Å². The van der Waals surface area contributed by atoms with Crippen LogP contribution in [0.3, 0.4) is 0 Å². The van der Waals surface area contributed by atoms with Gasteiger partial charge < -0.3 is 19.3 Å². The predicted octanol–water partition coefficient (Wildman–Crippen LogP) is 1.67. The Morgan fingerprint density at radius 3 is 2.81 bits per heavy atom. The van der Waals surface area contributed by atoms with E-state index in [9.17, 15) is 0 Å². The summed E-state index contributed by atoms with van der Waals surface area (Å²) in [4.78, 5) is 6.45. The average Bonchev–Trinajstić information content (AvgIpc) is 3.19. The van der Waals surface area contributed by atoms with Gasteiger partial charge in [0.1, 0.15) is 0 Å². The maximum atomic E-state index is 8.95. The van der Waals surface area contributed by atoms with E-state index in [-0.39, 0.29) is 12.5 Å². The van der Waals surface area contributed by atoms with Gasteiger partial charge in [-0.05, 0) is 30.7 Å². The van der Waals surface area contributed by atoms with Gasteiger partial charge in [-0.1, -0.05) is 5.16 Å². The van der Waals surface area contributed by atoms with Crippen molar-refractivity contribution < 1.29 is 14.4 Å². The van der Waals surface area contributed by atoms with Crippen LogP contribution in [0.4, 0.5) is 5.69 Å². The van der Waals surface area contributed by atoms with Crippen molar-refractivity contribution in [2.75, 3.05) is 38.3 Å². The molecule has 1 aliphatic heterocycles. The van der Waals surface area contributed by atoms with Gasteiger partial charge in [-0.25, -0.2) is 0 Å². The van der Waals surface area contributed by atoms with Gasteiger partial charge in [0.2, 0.25) is 0 Å². The van der Waals surface area contributed by atoms with E-state index >= 15 is 0 Å². The van der Waals surface area contributed by atoms with Gasteiger partial charge in [-0.2, -0.15) is 4.98 Å². The molecular weight excluding hydrogens is 270 g/mol. The Morgan fingerprint density at radius 1 is 1.33 bits per heavy atom. The highest BCUT2D eigenvalue weighted by atomic mass is 16.5. The summed E-state index contributed by atoms with van der Waals surface area (Å²) in [6.45, 7) is 2.17. The summed E-state index contributed by atoms with van der Waals surface area (Å²) >= 11 is 0. The van der Waals surface area contributed by atoms with Crippen molar-refractivity contribution in [3.63, 3.8) is 0 Å². The van der Waals surface area contributed by atoms with Crippen LogP contribution < -0.4 is 4.90 Å². The summed E-state index contributed by atoms with van der Waals surface area (Å²) < 4.78 is 10.7. The van der Waals surface area contributed by atoms with Crippen molar-refractivity contribution in [2.24, 2.45) is 0 Å². The number of hydrogen-bond acceptors (Lipinski definition) is 6. The van der Waals surface area contributed by atoms with Gasteiger partial charge in [0.15, 0.2) is 5.82 Å². The molecule has 1 aromatic carbocycles. The molecule has 0 radical (unpaired) electrons. The SMILES string of the molecule is CN(CCO)c1ccc(-c2nc(C3CCOC3)no2)cc1. The molecule has 0 spiro atoms. The first kappa shape index (κ1) is 14.0. The summed E-state index contributed by atoms with van der Waals surface area (Å²) in [5.74, 6) is 1.51. The summed E-state index contributed by atoms with van der Waals surface area (Å²) in [6.07, 6.45) is 0.948. The number of aliphatic hydroxyl groups excluding tert-OH is 1. The standard InChI is InChI=1S/C15H19N3O3/c1-18(7-8-19)13-4-2-11(3-5-13)15-16-14(17-21-15)12-6-9-20-10-12/h2-5,12,19H,6-10H2,1H3. The average molecular weight is 289 g/mol. The molecule has 1 fully saturated rings. The fourth-order valence-corrected chi connectivity index (χ4v) is 2.39. The predicted molar refractivity (Wildman–Crippen MR) is 78.3 cm³/mol. The fraction of sp³-hybridized carbons (Fsp3) is 0.467. The maximum Gasteiger partial charge on any atom is 0.257 e. The Balaban J connectivity index is 1.74. The lowest BCUT2D eigenvalue weighted by Crippen LogP contribution is -2.20. The highest BCUT2D eigenvalue weighted by Crippen LogP contribution is 2.26. The number of hydrogen-bond donors (Lipinski definition) is 1. The molecule has 0 saturated carbocycles. The van der Waals surface area contributed by atoms with Gasteiger partial charge in [-0.15, -0.1) is 0 Å². The zero-order valence-electron chi connectivity index (χ0n) is 12.0. The van der Waals surface area contributed by atoms with Gasteiger partial charge in [-0.3, -0.25) is 0 Å². The minimum absolute atomic E-state index is 0.134. The van der Waals surface area contributed by atoms with Gasteiger partial charge in [0.05, 0.1) is 13.2 Å². The highest BCUT2D eigenvalue weighted by Gasteiger charge is 2.23. The smallest absolute Gasteiger partial charge is 0.257 e. The van der Waals surface area contributed by atoms with Gasteiger partial charge in [0.25, 0.3) is 5.89 Å². The third kappa shape index (κ3) is 3.06. The van der Waals surface area contributed by atoms with Crippen molar-refractivity contribution >= 4 is 5.69 Å². The molecular formula is C15H19N3O3. The molecule has 2 heterocycles. The quantitative estimate of drug-likeness (QED) is 0.902. The third-order valence-corrected chi connectivity index (χ3v) is 3.73. The molecule has 6 nitrogen and oxygen atoms in total. The van der Waals surface area contributed by atoms with E-state index in [2.05, 4.69) is 10.1 Å². The Hall–Kier alpha value is -1.92. The molecule has 6 heteroatoms. The molecule has 21 heavy (non-hydrogen) atoms. The molecule has 1 atom stereocenters. The minimum atomic E-state index is 0.134. The maximum absolute atomic E-state index is 8.95. The molecule has 1 unspecified atom stereocenters. The molecule has 1 aliphatic rings. The van der Waals surface area contributed by atoms with Crippen LogP contribution in [0.1, 0.15) is 18.2 Å². The summed E-state index contributed by atoms with van der Waals surface area (Å²) in [6, 6.07) is 7.86. The van der Waals surface area contributed by atoms with Crippen LogP contribution in [0.25, 0.3) is 11.5 Å². The van der Waals surface area contributed by atoms with E-state index in [4.69, 9.17) is 14.4 Å². The van der Waals surface area contributed by atoms with Crippen LogP contribution in [0.2, 0.25) is 0 Å². The highest BCUT2D eigenvalue weighted by molar-refractivity contribution is 5.59. The lowest BCUT2D eigenvalue weighted by Gasteiger charge is -2.17. The van der Waals surface area contributed by atoms with E-state index in [1.54, 1.807) is 0 Å². The molecule has 112 valence electrons. The zero-order valence-corrected chi connectivity index (χ0v) is 12.0. The first-order chi connectivity index (χ1) is 10.3. The molecule has 3 rings (SSSR count). The van der Waals surface area contributed by atoms with Crippen molar-refractivity contribution in [1.82, 2.24) is 10.1 Å². The molecule has 1 N–H and O–H groups in total. The largest absolute Gasteiger partial charge is 0.395 e. The van der Waals surface area contributed by atoms with E-state index in [0.717, 1.165) is 30.1 Å². The molecule has 0 aliphatic carbocycles. The number of likely N-dealkylation sites (N-methyl/N-ethyl adjacent to an activating group) is 1. The lowest BCUT2D eigenvalue weighted by molar-refractivity contribution is 0.192. The number of aliphatic hydroxyl groups is 1.